The fourth-order valence-corrected chi connectivity index (χ4v) is 3.09. The summed E-state index contributed by atoms with van der Waals surface area (Å²) in [5, 5.41) is 10.5. The summed E-state index contributed by atoms with van der Waals surface area (Å²) < 4.78 is 7.24. The van der Waals surface area contributed by atoms with Crippen LogP contribution < -0.4 is 10.6 Å². The van der Waals surface area contributed by atoms with Gasteiger partial charge in [-0.25, -0.2) is 4.98 Å². The standard InChI is InChI=1S/C15H20N6O2/c22-15(19-13-7-11-9-23-6-5-21(11)20-13)12-8-17-14(18-12)10-1-3-16-4-2-10/h7-8,10,16H,1-6,9H2,(H,17,18)(H,19,20,22). The van der Waals surface area contributed by atoms with Crippen molar-refractivity contribution in [1.29, 1.82) is 0 Å². The number of nitrogens with one attached hydrogen (secondary N) is 3. The van der Waals surface area contributed by atoms with Crippen molar-refractivity contribution in [3.05, 3.63) is 29.5 Å². The number of carbonyl (C=O) groups is 1. The Balaban J connectivity index is 1.44. The zero-order valence-electron chi connectivity index (χ0n) is 12.8. The van der Waals surface area contributed by atoms with Gasteiger partial charge in [-0.2, -0.15) is 5.10 Å². The fraction of sp³-hybridized carbons (Fsp3) is 0.533. The highest BCUT2D eigenvalue weighted by Crippen LogP contribution is 2.22. The van der Waals surface area contributed by atoms with E-state index < -0.39 is 0 Å². The molecule has 0 bridgehead atoms. The molecule has 0 aromatic carbocycles. The van der Waals surface area contributed by atoms with Gasteiger partial charge in [-0.1, -0.05) is 0 Å². The largest absolute Gasteiger partial charge is 0.373 e. The number of rotatable bonds is 3. The van der Waals surface area contributed by atoms with Gasteiger partial charge in [-0.3, -0.25) is 9.48 Å². The van der Waals surface area contributed by atoms with Gasteiger partial charge in [0.1, 0.15) is 11.5 Å². The minimum atomic E-state index is -0.214. The first-order valence-electron chi connectivity index (χ1n) is 8.01. The highest BCUT2D eigenvalue weighted by Gasteiger charge is 2.20. The lowest BCUT2D eigenvalue weighted by Crippen LogP contribution is -2.27. The third-order valence-corrected chi connectivity index (χ3v) is 4.37. The maximum absolute atomic E-state index is 12.3. The molecule has 122 valence electrons. The Bertz CT molecular complexity index is 677. The molecular formula is C15H20N6O2. The lowest BCUT2D eigenvalue weighted by molar-refractivity contribution is 0.0801. The first kappa shape index (κ1) is 14.4. The maximum atomic E-state index is 12.3. The third-order valence-electron chi connectivity index (χ3n) is 4.37. The van der Waals surface area contributed by atoms with E-state index in [1.165, 1.54) is 0 Å². The molecule has 0 atom stereocenters. The van der Waals surface area contributed by atoms with Gasteiger partial charge in [0.25, 0.3) is 5.91 Å². The molecule has 0 unspecified atom stereocenters. The van der Waals surface area contributed by atoms with E-state index in [1.54, 1.807) is 6.20 Å². The number of nitrogens with zero attached hydrogens (tertiary/aromatic N) is 3. The number of amides is 1. The number of aromatic amines is 1. The average Bonchev–Trinajstić information content (AvgIpc) is 3.22. The van der Waals surface area contributed by atoms with Crippen LogP contribution in [0, 0.1) is 0 Å². The van der Waals surface area contributed by atoms with Gasteiger partial charge in [0.05, 0.1) is 31.6 Å². The predicted molar refractivity (Wildman–Crippen MR) is 83.3 cm³/mol. The van der Waals surface area contributed by atoms with Crippen molar-refractivity contribution in [1.82, 2.24) is 25.1 Å². The molecule has 0 saturated carbocycles. The van der Waals surface area contributed by atoms with Crippen molar-refractivity contribution in [2.75, 3.05) is 25.0 Å². The first-order chi connectivity index (χ1) is 11.3. The summed E-state index contributed by atoms with van der Waals surface area (Å²) in [6.45, 7) is 3.90. The summed E-state index contributed by atoms with van der Waals surface area (Å²) in [5.74, 6) is 1.63. The van der Waals surface area contributed by atoms with E-state index in [-0.39, 0.29) is 5.91 Å². The minimum absolute atomic E-state index is 0.214. The summed E-state index contributed by atoms with van der Waals surface area (Å²) in [6.07, 6.45) is 3.69. The quantitative estimate of drug-likeness (QED) is 0.780. The number of aromatic nitrogens is 4. The molecule has 2 aromatic heterocycles. The van der Waals surface area contributed by atoms with Gasteiger partial charge in [0.2, 0.25) is 0 Å². The molecule has 0 radical (unpaired) electrons. The lowest BCUT2D eigenvalue weighted by atomic mass is 9.98. The Morgan fingerprint density at radius 1 is 1.39 bits per heavy atom. The molecule has 3 N–H and O–H groups in total. The zero-order chi connectivity index (χ0) is 15.6. The van der Waals surface area contributed by atoms with Gasteiger partial charge in [-0.05, 0) is 25.9 Å². The van der Waals surface area contributed by atoms with Gasteiger partial charge < -0.3 is 20.4 Å². The molecule has 23 heavy (non-hydrogen) atoms. The molecule has 0 spiro atoms. The number of piperidine rings is 1. The molecule has 8 nitrogen and oxygen atoms in total. The molecule has 1 saturated heterocycles. The van der Waals surface area contributed by atoms with E-state index in [0.29, 0.717) is 30.6 Å². The topological polar surface area (TPSA) is 96.9 Å². The van der Waals surface area contributed by atoms with E-state index in [2.05, 4.69) is 25.7 Å². The Morgan fingerprint density at radius 3 is 3.09 bits per heavy atom. The number of imidazole rings is 1. The fourth-order valence-electron chi connectivity index (χ4n) is 3.09. The number of fused-ring (bicyclic) bond motifs is 1. The van der Waals surface area contributed by atoms with Crippen LogP contribution >= 0.6 is 0 Å². The number of ether oxygens (including phenoxy) is 1. The van der Waals surface area contributed by atoms with Crippen molar-refractivity contribution in [3.63, 3.8) is 0 Å². The number of anilines is 1. The molecule has 8 heteroatoms. The van der Waals surface area contributed by atoms with Crippen LogP contribution in [0.25, 0.3) is 0 Å². The molecule has 1 fully saturated rings. The Kier molecular flexibility index (Phi) is 3.84. The summed E-state index contributed by atoms with van der Waals surface area (Å²) in [6, 6.07) is 1.85. The van der Waals surface area contributed by atoms with Crippen LogP contribution in [0.5, 0.6) is 0 Å². The van der Waals surface area contributed by atoms with Crippen LogP contribution in [0.2, 0.25) is 0 Å². The van der Waals surface area contributed by atoms with Crippen molar-refractivity contribution >= 4 is 11.7 Å². The Morgan fingerprint density at radius 2 is 2.26 bits per heavy atom. The second-order valence-corrected chi connectivity index (χ2v) is 5.96. The van der Waals surface area contributed by atoms with Crippen LogP contribution in [-0.2, 0) is 17.9 Å². The van der Waals surface area contributed by atoms with Crippen LogP contribution in [-0.4, -0.2) is 45.4 Å². The second-order valence-electron chi connectivity index (χ2n) is 5.96. The Hall–Kier alpha value is -2.19. The van der Waals surface area contributed by atoms with Crippen LogP contribution in [0.4, 0.5) is 5.82 Å². The third kappa shape index (κ3) is 2.99. The zero-order valence-corrected chi connectivity index (χ0v) is 12.8. The summed E-state index contributed by atoms with van der Waals surface area (Å²) in [7, 11) is 0. The monoisotopic (exact) mass is 316 g/mol. The van der Waals surface area contributed by atoms with Crippen LogP contribution in [0.1, 0.15) is 40.8 Å². The van der Waals surface area contributed by atoms with E-state index in [1.807, 2.05) is 10.7 Å². The van der Waals surface area contributed by atoms with Gasteiger partial charge in [-0.15, -0.1) is 0 Å². The maximum Gasteiger partial charge on any atom is 0.274 e. The smallest absolute Gasteiger partial charge is 0.274 e. The lowest BCUT2D eigenvalue weighted by Gasteiger charge is -2.20. The van der Waals surface area contributed by atoms with E-state index >= 15 is 0 Å². The van der Waals surface area contributed by atoms with E-state index in [0.717, 1.165) is 44.0 Å². The van der Waals surface area contributed by atoms with Crippen LogP contribution in [0.15, 0.2) is 12.3 Å². The normalized spacial score (nSPS) is 18.6. The van der Waals surface area contributed by atoms with Crippen LogP contribution in [0.3, 0.4) is 0 Å². The molecule has 0 aliphatic carbocycles. The van der Waals surface area contributed by atoms with Crippen molar-refractivity contribution in [2.45, 2.75) is 31.9 Å². The molecule has 2 aliphatic rings. The number of hydrogen-bond acceptors (Lipinski definition) is 5. The Labute approximate surface area is 133 Å². The highest BCUT2D eigenvalue weighted by molar-refractivity contribution is 6.02. The molecule has 4 heterocycles. The van der Waals surface area contributed by atoms with Gasteiger partial charge in [0, 0.05) is 12.0 Å². The molecule has 2 aliphatic heterocycles. The van der Waals surface area contributed by atoms with Crippen molar-refractivity contribution in [3.8, 4) is 0 Å². The molecular weight excluding hydrogens is 296 g/mol. The summed E-state index contributed by atoms with van der Waals surface area (Å²) in [4.78, 5) is 19.9. The second kappa shape index (κ2) is 6.13. The molecule has 4 rings (SSSR count). The van der Waals surface area contributed by atoms with Gasteiger partial charge >= 0.3 is 0 Å². The average molecular weight is 316 g/mol. The SMILES string of the molecule is O=C(Nc1cc2n(n1)CCOC2)c1cnc(C2CCNCC2)[nH]1. The summed E-state index contributed by atoms with van der Waals surface area (Å²) >= 11 is 0. The highest BCUT2D eigenvalue weighted by atomic mass is 16.5. The first-order valence-corrected chi connectivity index (χ1v) is 8.01. The molecule has 1 amide bonds. The number of hydrogen-bond donors (Lipinski definition) is 3. The van der Waals surface area contributed by atoms with Crippen molar-refractivity contribution in [2.24, 2.45) is 0 Å². The summed E-state index contributed by atoms with van der Waals surface area (Å²) in [5.41, 5.74) is 1.45. The predicted octanol–water partition coefficient (Wildman–Crippen LogP) is 0.856. The van der Waals surface area contributed by atoms with E-state index in [9.17, 15) is 4.79 Å². The van der Waals surface area contributed by atoms with Gasteiger partial charge in [0.15, 0.2) is 5.82 Å². The number of H-pyrrole nitrogens is 1. The van der Waals surface area contributed by atoms with Crippen molar-refractivity contribution < 1.29 is 9.53 Å². The number of carbonyl (C=O) groups excluding carboxylic acids is 1. The van der Waals surface area contributed by atoms with E-state index in [4.69, 9.17) is 4.74 Å². The molecule has 2 aromatic rings. The minimum Gasteiger partial charge on any atom is -0.373 e.